The molecule has 2 aromatic carbocycles. The molecule has 10 nitrogen and oxygen atoms in total. The number of carbonyl (C=O) groups is 3. The van der Waals surface area contributed by atoms with Crippen molar-refractivity contribution in [2.45, 2.75) is 108 Å². The minimum atomic E-state index is -3.87. The van der Waals surface area contributed by atoms with Crippen molar-refractivity contribution in [2.75, 3.05) is 19.3 Å². The van der Waals surface area contributed by atoms with Crippen LogP contribution >= 0.6 is 11.3 Å². The van der Waals surface area contributed by atoms with Gasteiger partial charge in [0, 0.05) is 29.6 Å². The summed E-state index contributed by atoms with van der Waals surface area (Å²) in [5.41, 5.74) is 0.444. The molecule has 1 aromatic heterocycles. The molecule has 1 aliphatic heterocycles. The third-order valence-corrected chi connectivity index (χ3v) is 13.9. The van der Waals surface area contributed by atoms with Crippen LogP contribution in [0.15, 0.2) is 60.7 Å². The first-order valence-corrected chi connectivity index (χ1v) is 20.7. The highest BCUT2D eigenvalue weighted by molar-refractivity contribution is 7.92. The average molecular weight is 739 g/mol. The molecule has 1 saturated carbocycles. The van der Waals surface area contributed by atoms with Crippen LogP contribution in [-0.4, -0.2) is 90.0 Å². The van der Waals surface area contributed by atoms with Gasteiger partial charge in [0.2, 0.25) is 11.8 Å². The van der Waals surface area contributed by atoms with Gasteiger partial charge in [0.05, 0.1) is 27.8 Å². The molecule has 2 aliphatic rings. The highest BCUT2D eigenvalue weighted by Crippen LogP contribution is 2.39. The Morgan fingerprint density at radius 2 is 1.59 bits per heavy atom. The molecule has 0 bridgehead atoms. The molecule has 278 valence electrons. The number of carbonyl (C=O) groups excluding carboxylic acids is 3. The molecule has 2 heterocycles. The van der Waals surface area contributed by atoms with Crippen molar-refractivity contribution in [3.8, 4) is 0 Å². The predicted molar refractivity (Wildman–Crippen MR) is 203 cm³/mol. The van der Waals surface area contributed by atoms with Crippen molar-refractivity contribution < 1.29 is 27.9 Å². The molecule has 3 aromatic rings. The lowest BCUT2D eigenvalue weighted by molar-refractivity contribution is -0.133. The Kier molecular flexibility index (Phi) is 12.0. The molecule has 51 heavy (non-hydrogen) atoms. The fourth-order valence-electron chi connectivity index (χ4n) is 7.48. The van der Waals surface area contributed by atoms with Gasteiger partial charge in [0.15, 0.2) is 9.84 Å². The number of aliphatic hydroxyl groups excluding tert-OH is 1. The Morgan fingerprint density at radius 1 is 0.941 bits per heavy atom. The number of fused-ring (bicyclic) bond motifs is 2. The molecule has 0 radical (unpaired) electrons. The van der Waals surface area contributed by atoms with E-state index in [0.717, 1.165) is 47.6 Å². The Morgan fingerprint density at radius 3 is 2.24 bits per heavy atom. The number of benzene rings is 2. The number of hydrogen-bond donors (Lipinski definition) is 4. The van der Waals surface area contributed by atoms with E-state index in [1.165, 1.54) is 25.2 Å². The van der Waals surface area contributed by atoms with Gasteiger partial charge < -0.3 is 21.1 Å². The van der Waals surface area contributed by atoms with Crippen LogP contribution in [0, 0.1) is 11.8 Å². The van der Waals surface area contributed by atoms with Crippen LogP contribution in [0.25, 0.3) is 10.1 Å². The number of hydrogen-bond acceptors (Lipinski definition) is 8. The molecule has 6 unspecified atom stereocenters. The summed E-state index contributed by atoms with van der Waals surface area (Å²) >= 11 is 1.26. The second-order valence-electron chi connectivity index (χ2n) is 16.1. The largest absolute Gasteiger partial charge is 0.390 e. The van der Waals surface area contributed by atoms with Gasteiger partial charge in [0.25, 0.3) is 5.91 Å². The van der Waals surface area contributed by atoms with Crippen molar-refractivity contribution in [1.82, 2.24) is 20.9 Å². The summed E-state index contributed by atoms with van der Waals surface area (Å²) in [6.45, 7) is 9.52. The Bertz CT molecular complexity index is 1770. The number of likely N-dealkylation sites (tertiary alicyclic amines) is 1. The van der Waals surface area contributed by atoms with Crippen LogP contribution in [0.1, 0.15) is 82.0 Å². The summed E-state index contributed by atoms with van der Waals surface area (Å²) in [6.07, 6.45) is 5.38. The fraction of sp³-hybridized carbons (Fsp3) is 0.564. The normalized spacial score (nSPS) is 22.0. The van der Waals surface area contributed by atoms with E-state index in [2.05, 4.69) is 20.9 Å². The maximum Gasteiger partial charge on any atom is 0.262 e. The number of β-amino-alcohol motifs (C(OH)–C–C–N with tert-alkyl or cyclic N) is 1. The monoisotopic (exact) mass is 738 g/mol. The van der Waals surface area contributed by atoms with E-state index in [4.69, 9.17) is 0 Å². The molecule has 2 fully saturated rings. The van der Waals surface area contributed by atoms with Gasteiger partial charge in [-0.3, -0.25) is 19.3 Å². The summed E-state index contributed by atoms with van der Waals surface area (Å²) in [6, 6.07) is 15.9. The van der Waals surface area contributed by atoms with Gasteiger partial charge in [-0.15, -0.1) is 11.3 Å². The number of amides is 3. The van der Waals surface area contributed by atoms with E-state index in [1.807, 2.05) is 75.4 Å². The van der Waals surface area contributed by atoms with Gasteiger partial charge in [-0.2, -0.15) is 0 Å². The van der Waals surface area contributed by atoms with Gasteiger partial charge in [-0.1, -0.05) is 67.8 Å². The summed E-state index contributed by atoms with van der Waals surface area (Å²) in [7, 11) is -3.87. The molecular weight excluding hydrogens is 685 g/mol. The lowest BCUT2D eigenvalue weighted by Gasteiger charge is -2.47. The molecule has 1 saturated heterocycles. The van der Waals surface area contributed by atoms with Crippen LogP contribution in [0.3, 0.4) is 0 Å². The first kappa shape index (κ1) is 38.9. The number of sulfone groups is 1. The quantitative estimate of drug-likeness (QED) is 0.211. The molecule has 0 spiro atoms. The van der Waals surface area contributed by atoms with Gasteiger partial charge in [-0.05, 0) is 88.8 Å². The highest BCUT2D eigenvalue weighted by atomic mass is 32.2. The maximum atomic E-state index is 14.3. The summed E-state index contributed by atoms with van der Waals surface area (Å²) in [4.78, 5) is 44.0. The molecule has 6 atom stereocenters. The zero-order chi connectivity index (χ0) is 37.1. The van der Waals surface area contributed by atoms with Crippen LogP contribution in [0.4, 0.5) is 0 Å². The van der Waals surface area contributed by atoms with Crippen molar-refractivity contribution >= 4 is 49.0 Å². The third kappa shape index (κ3) is 9.57. The highest BCUT2D eigenvalue weighted by Gasteiger charge is 2.46. The first-order valence-electron chi connectivity index (χ1n) is 18.0. The second kappa shape index (κ2) is 15.7. The molecular formula is C39H54N4O6S2. The summed E-state index contributed by atoms with van der Waals surface area (Å²) in [5.74, 6) is -0.465. The Labute approximate surface area is 306 Å². The smallest absolute Gasteiger partial charge is 0.262 e. The van der Waals surface area contributed by atoms with E-state index in [1.54, 1.807) is 6.07 Å². The SMILES string of the molecule is CC(C)(C)NC(=O)C1CC2CCCCC2CN1CC(O)C(Cc1ccccc1)NC(=O)C(NC(=O)c1cc2ccccc2s1)C(C)(C)S(C)(=O)=O. The number of thiophene rings is 1. The maximum absolute atomic E-state index is 14.3. The van der Waals surface area contributed by atoms with Crippen molar-refractivity contribution in [2.24, 2.45) is 11.8 Å². The van der Waals surface area contributed by atoms with E-state index >= 15 is 0 Å². The number of rotatable bonds is 12. The van der Waals surface area contributed by atoms with Gasteiger partial charge in [-0.25, -0.2) is 8.42 Å². The lowest BCUT2D eigenvalue weighted by atomic mass is 9.72. The fourth-order valence-corrected chi connectivity index (χ4v) is 9.04. The van der Waals surface area contributed by atoms with Crippen molar-refractivity contribution in [1.29, 1.82) is 0 Å². The second-order valence-corrected chi connectivity index (χ2v) is 19.7. The van der Waals surface area contributed by atoms with E-state index in [9.17, 15) is 27.9 Å². The van der Waals surface area contributed by atoms with E-state index in [0.29, 0.717) is 29.7 Å². The van der Waals surface area contributed by atoms with E-state index < -0.39 is 56.2 Å². The molecule has 5 rings (SSSR count). The van der Waals surface area contributed by atoms with Crippen LogP contribution in [-0.2, 0) is 25.8 Å². The topological polar surface area (TPSA) is 145 Å². The number of nitrogens with one attached hydrogen (secondary N) is 3. The average Bonchev–Trinajstić information content (AvgIpc) is 3.50. The minimum absolute atomic E-state index is 0.0683. The Balaban J connectivity index is 1.42. The standard InChI is InChI=1S/C39H54N4O6S2/c1-38(2,3)42-35(45)30-21-26-16-10-11-18-28(26)23-43(30)24-31(44)29(20-25-14-8-7-9-15-25)40-37(47)34(39(4,5)51(6,48)49)41-36(46)33-22-27-17-12-13-19-32(27)50-33/h7-9,12-15,17,19,22,26,28-31,34,44H,10-11,16,18,20-21,23-24H2,1-6H3,(H,40,47)(H,41,46)(H,42,45). The van der Waals surface area contributed by atoms with Gasteiger partial charge >= 0.3 is 0 Å². The van der Waals surface area contributed by atoms with Gasteiger partial charge in [0.1, 0.15) is 6.04 Å². The van der Waals surface area contributed by atoms with Crippen molar-refractivity contribution in [3.05, 3.63) is 71.1 Å². The van der Waals surface area contributed by atoms with Crippen LogP contribution < -0.4 is 16.0 Å². The lowest BCUT2D eigenvalue weighted by Crippen LogP contribution is -2.64. The van der Waals surface area contributed by atoms with Crippen molar-refractivity contribution in [3.63, 3.8) is 0 Å². The molecule has 4 N–H and O–H groups in total. The van der Waals surface area contributed by atoms with Crippen LogP contribution in [0.5, 0.6) is 0 Å². The predicted octanol–water partition coefficient (Wildman–Crippen LogP) is 4.71. The minimum Gasteiger partial charge on any atom is -0.390 e. The third-order valence-electron chi connectivity index (χ3n) is 10.7. The zero-order valence-electron chi connectivity index (χ0n) is 30.6. The Hall–Kier alpha value is -3.32. The molecule has 1 aliphatic carbocycles. The molecule has 3 amide bonds. The number of piperidine rings is 1. The summed E-state index contributed by atoms with van der Waals surface area (Å²) in [5, 5.41) is 21.7. The number of nitrogens with zero attached hydrogens (tertiary/aromatic N) is 1. The number of aliphatic hydroxyl groups is 1. The van der Waals surface area contributed by atoms with E-state index in [-0.39, 0.29) is 18.9 Å². The van der Waals surface area contributed by atoms with Crippen LogP contribution in [0.2, 0.25) is 0 Å². The summed E-state index contributed by atoms with van der Waals surface area (Å²) < 4.78 is 25.4. The molecule has 12 heteroatoms. The first-order chi connectivity index (χ1) is 23.9. The zero-order valence-corrected chi connectivity index (χ0v) is 32.3.